The number of hydrogen-bond donors (Lipinski definition) is 0. The number of amides is 1. The van der Waals surface area contributed by atoms with E-state index < -0.39 is 0 Å². The van der Waals surface area contributed by atoms with Crippen LogP contribution in [0.25, 0.3) is 6.08 Å². The largest absolute Gasteiger partial charge is 0.497 e. The number of rotatable bonds is 6. The molecule has 8 heteroatoms. The molecule has 0 aliphatic carbocycles. The van der Waals surface area contributed by atoms with E-state index in [-0.39, 0.29) is 11.3 Å². The predicted octanol–water partition coefficient (Wildman–Crippen LogP) is 6.23. The second-order valence-electron chi connectivity index (χ2n) is 8.91. The second kappa shape index (κ2) is 10.5. The van der Waals surface area contributed by atoms with Gasteiger partial charge in [0.05, 0.1) is 30.9 Å². The lowest BCUT2D eigenvalue weighted by atomic mass is 9.98. The van der Waals surface area contributed by atoms with Gasteiger partial charge in [0, 0.05) is 26.2 Å². The number of hydrazone groups is 1. The third-order valence-corrected chi connectivity index (χ3v) is 7.16. The second-order valence-corrected chi connectivity index (χ2v) is 9.90. The number of thioether (sulfide) groups is 1. The first-order chi connectivity index (χ1) is 17.9. The number of ether oxygens (including phenoxy) is 2. The molecule has 0 N–H and O–H groups in total. The van der Waals surface area contributed by atoms with Crippen LogP contribution in [0.2, 0.25) is 0 Å². The zero-order chi connectivity index (χ0) is 25.9. The van der Waals surface area contributed by atoms with Crippen molar-refractivity contribution in [2.24, 2.45) is 10.1 Å². The van der Waals surface area contributed by atoms with Gasteiger partial charge in [-0.1, -0.05) is 24.3 Å². The van der Waals surface area contributed by atoms with Gasteiger partial charge in [0.2, 0.25) is 0 Å². The molecule has 1 atom stereocenters. The Morgan fingerprint density at radius 3 is 2.14 bits per heavy atom. The van der Waals surface area contributed by atoms with Gasteiger partial charge in [0.15, 0.2) is 5.84 Å². The third kappa shape index (κ3) is 5.24. The summed E-state index contributed by atoms with van der Waals surface area (Å²) in [5, 5.41) is 6.66. The average Bonchev–Trinajstić information content (AvgIpc) is 3.52. The molecule has 7 nitrogen and oxygen atoms in total. The first-order valence-corrected chi connectivity index (χ1v) is 12.7. The van der Waals surface area contributed by atoms with E-state index in [2.05, 4.69) is 34.2 Å². The highest BCUT2D eigenvalue weighted by molar-refractivity contribution is 8.18. The molecule has 2 heterocycles. The van der Waals surface area contributed by atoms with Crippen molar-refractivity contribution in [3.63, 3.8) is 0 Å². The van der Waals surface area contributed by atoms with Crippen molar-refractivity contribution in [2.75, 3.05) is 33.2 Å². The van der Waals surface area contributed by atoms with Gasteiger partial charge in [0.25, 0.3) is 0 Å². The maximum absolute atomic E-state index is 12.5. The first-order valence-electron chi connectivity index (χ1n) is 11.9. The van der Waals surface area contributed by atoms with Crippen LogP contribution in [0.4, 0.5) is 10.5 Å². The Bertz CT molecular complexity index is 1380. The summed E-state index contributed by atoms with van der Waals surface area (Å²) in [6.07, 6.45) is 2.66. The zero-order valence-corrected chi connectivity index (χ0v) is 22.0. The van der Waals surface area contributed by atoms with Crippen molar-refractivity contribution in [3.05, 3.63) is 94.4 Å². The standard InChI is InChI=1S/C29H28N4O3S/c1-32(2)22-11-7-21(8-12-22)26-18-25(20-9-15-24(36-4)16-10-20)31-33(26)28-27(37-29(34)30-28)17-19-5-13-23(35-3)14-6-19/h5-17,26H,18H2,1-4H3/b27-17-. The van der Waals surface area contributed by atoms with Crippen LogP contribution in [-0.2, 0) is 0 Å². The van der Waals surface area contributed by atoms with Crippen LogP contribution in [-0.4, -0.2) is 50.1 Å². The highest BCUT2D eigenvalue weighted by Crippen LogP contribution is 2.40. The molecule has 2 aliphatic rings. The van der Waals surface area contributed by atoms with E-state index in [1.54, 1.807) is 14.2 Å². The normalized spacial score (nSPS) is 18.2. The van der Waals surface area contributed by atoms with Gasteiger partial charge in [-0.15, -0.1) is 0 Å². The molecule has 0 saturated heterocycles. The monoisotopic (exact) mass is 512 g/mol. The Balaban J connectivity index is 1.53. The van der Waals surface area contributed by atoms with Crippen LogP contribution in [0.15, 0.2) is 87.8 Å². The lowest BCUT2D eigenvalue weighted by Crippen LogP contribution is -2.26. The molecular formula is C29H28N4O3S. The molecule has 3 aromatic rings. The summed E-state index contributed by atoms with van der Waals surface area (Å²) < 4.78 is 10.6. The van der Waals surface area contributed by atoms with Crippen LogP contribution >= 0.6 is 11.8 Å². The summed E-state index contributed by atoms with van der Waals surface area (Å²) in [5.41, 5.74) is 5.12. The molecule has 1 unspecified atom stereocenters. The summed E-state index contributed by atoms with van der Waals surface area (Å²) >= 11 is 1.12. The van der Waals surface area contributed by atoms with Crippen LogP contribution in [0.3, 0.4) is 0 Å². The Kier molecular flexibility index (Phi) is 7.01. The van der Waals surface area contributed by atoms with Crippen LogP contribution in [0.5, 0.6) is 11.5 Å². The molecule has 188 valence electrons. The van der Waals surface area contributed by atoms with Gasteiger partial charge in [-0.2, -0.15) is 10.1 Å². The molecular weight excluding hydrogens is 484 g/mol. The van der Waals surface area contributed by atoms with Crippen molar-refractivity contribution >= 4 is 40.3 Å². The molecule has 2 aliphatic heterocycles. The highest BCUT2D eigenvalue weighted by Gasteiger charge is 2.37. The molecule has 3 aromatic carbocycles. The van der Waals surface area contributed by atoms with Gasteiger partial charge in [-0.05, 0) is 83.1 Å². The van der Waals surface area contributed by atoms with E-state index in [0.29, 0.717) is 12.3 Å². The smallest absolute Gasteiger partial charge is 0.311 e. The quantitative estimate of drug-likeness (QED) is 0.390. The number of amidine groups is 1. The number of carbonyl (C=O) groups excluding carboxylic acids is 1. The Labute approximate surface area is 221 Å². The fraction of sp³-hybridized carbons (Fsp3) is 0.207. The van der Waals surface area contributed by atoms with Crippen molar-refractivity contribution in [3.8, 4) is 11.5 Å². The van der Waals surface area contributed by atoms with Crippen molar-refractivity contribution in [1.29, 1.82) is 0 Å². The SMILES string of the molecule is COc1ccc(/C=C2\SC(=O)N=C2N2N=C(c3ccc(OC)cc3)CC2c2ccc(N(C)C)cc2)cc1. The van der Waals surface area contributed by atoms with Crippen LogP contribution in [0, 0.1) is 0 Å². The summed E-state index contributed by atoms with van der Waals surface area (Å²) in [4.78, 5) is 19.8. The predicted molar refractivity (Wildman–Crippen MR) is 151 cm³/mol. The van der Waals surface area contributed by atoms with E-state index >= 15 is 0 Å². The summed E-state index contributed by atoms with van der Waals surface area (Å²) in [7, 11) is 7.34. The summed E-state index contributed by atoms with van der Waals surface area (Å²) in [5.74, 6) is 2.14. The lowest BCUT2D eigenvalue weighted by molar-refractivity contribution is 0.267. The number of nitrogens with zero attached hydrogens (tertiary/aromatic N) is 4. The molecule has 0 saturated carbocycles. The topological polar surface area (TPSA) is 66.7 Å². The number of hydrogen-bond acceptors (Lipinski definition) is 7. The molecule has 37 heavy (non-hydrogen) atoms. The van der Waals surface area contributed by atoms with E-state index in [1.807, 2.05) is 73.7 Å². The zero-order valence-electron chi connectivity index (χ0n) is 21.2. The fourth-order valence-electron chi connectivity index (χ4n) is 4.33. The van der Waals surface area contributed by atoms with E-state index in [1.165, 1.54) is 0 Å². The number of methoxy groups -OCH3 is 2. The molecule has 0 radical (unpaired) electrons. The van der Waals surface area contributed by atoms with Gasteiger partial charge in [-0.25, -0.2) is 5.01 Å². The molecule has 5 rings (SSSR count). The van der Waals surface area contributed by atoms with E-state index in [9.17, 15) is 4.79 Å². The molecule has 1 amide bonds. The van der Waals surface area contributed by atoms with Crippen molar-refractivity contribution < 1.29 is 14.3 Å². The molecule has 0 aromatic heterocycles. The van der Waals surface area contributed by atoms with E-state index in [0.717, 1.165) is 56.3 Å². The number of aliphatic imine (C=N–C) groups is 1. The maximum atomic E-state index is 12.5. The van der Waals surface area contributed by atoms with Gasteiger partial charge < -0.3 is 14.4 Å². The van der Waals surface area contributed by atoms with Crippen molar-refractivity contribution in [2.45, 2.75) is 12.5 Å². The van der Waals surface area contributed by atoms with Gasteiger partial charge in [0.1, 0.15) is 11.5 Å². The van der Waals surface area contributed by atoms with Crippen LogP contribution in [0.1, 0.15) is 29.2 Å². The fourth-order valence-corrected chi connectivity index (χ4v) is 5.08. The molecule has 0 fully saturated rings. The number of benzene rings is 3. The number of carbonyl (C=O) groups is 1. The van der Waals surface area contributed by atoms with Gasteiger partial charge in [-0.3, -0.25) is 4.79 Å². The molecule has 0 bridgehead atoms. The minimum Gasteiger partial charge on any atom is -0.497 e. The highest BCUT2D eigenvalue weighted by atomic mass is 32.2. The van der Waals surface area contributed by atoms with Gasteiger partial charge >= 0.3 is 5.24 Å². The third-order valence-electron chi connectivity index (χ3n) is 6.37. The Hall–Kier alpha value is -4.04. The average molecular weight is 513 g/mol. The minimum atomic E-state index is -0.246. The summed E-state index contributed by atoms with van der Waals surface area (Å²) in [6.45, 7) is 0. The van der Waals surface area contributed by atoms with Crippen molar-refractivity contribution in [1.82, 2.24) is 5.01 Å². The minimum absolute atomic E-state index is 0.0992. The molecule has 0 spiro atoms. The first kappa shape index (κ1) is 24.6. The number of anilines is 1. The lowest BCUT2D eigenvalue weighted by Gasteiger charge is -2.24. The Morgan fingerprint density at radius 2 is 1.54 bits per heavy atom. The van der Waals surface area contributed by atoms with E-state index in [4.69, 9.17) is 14.6 Å². The van der Waals surface area contributed by atoms with Crippen LogP contribution < -0.4 is 14.4 Å². The Morgan fingerprint density at radius 1 is 0.919 bits per heavy atom. The summed E-state index contributed by atoms with van der Waals surface area (Å²) in [6, 6.07) is 23.9. The maximum Gasteiger partial charge on any atom is 0.311 e.